The number of aryl methyl sites for hydroxylation is 1. The molecule has 1 aromatic carbocycles. The van der Waals surface area contributed by atoms with Gasteiger partial charge in [-0.05, 0) is 25.0 Å². The smallest absolute Gasteiger partial charge is 0.274 e. The van der Waals surface area contributed by atoms with Gasteiger partial charge in [0.15, 0.2) is 0 Å². The summed E-state index contributed by atoms with van der Waals surface area (Å²) in [5.74, 6) is 0.834. The lowest BCUT2D eigenvalue weighted by Gasteiger charge is -2.30. The number of aromatic nitrogens is 2. The Morgan fingerprint density at radius 2 is 2.20 bits per heavy atom. The van der Waals surface area contributed by atoms with Crippen LogP contribution < -0.4 is 4.74 Å². The molecular weight excluding hydrogens is 318 g/mol. The molecule has 3 heterocycles. The fourth-order valence-corrected chi connectivity index (χ4v) is 3.88. The van der Waals surface area contributed by atoms with Crippen LogP contribution in [0.5, 0.6) is 5.75 Å². The standard InChI is InChI=1S/C19H21N3O3/c1-13-7-21-16(8-20-13)18(24)22-9-15-10-25-17-5-3-2-4-14(17)6-19(15,11-22)12-23/h2-5,7-8,15,23H,6,9-12H2,1H3/t15-,19-/m0/s1. The van der Waals surface area contributed by atoms with Crippen molar-refractivity contribution in [2.45, 2.75) is 13.3 Å². The van der Waals surface area contributed by atoms with Crippen LogP contribution in [-0.4, -0.2) is 52.2 Å². The highest BCUT2D eigenvalue weighted by Gasteiger charge is 2.49. The van der Waals surface area contributed by atoms with E-state index in [2.05, 4.69) is 9.97 Å². The summed E-state index contributed by atoms with van der Waals surface area (Å²) in [4.78, 5) is 22.9. The van der Waals surface area contributed by atoms with Gasteiger partial charge in [0, 0.05) is 30.6 Å². The van der Waals surface area contributed by atoms with E-state index in [9.17, 15) is 9.90 Å². The molecule has 1 aromatic heterocycles. The maximum atomic E-state index is 12.8. The van der Waals surface area contributed by atoms with E-state index in [1.165, 1.54) is 6.20 Å². The Morgan fingerprint density at radius 1 is 1.36 bits per heavy atom. The van der Waals surface area contributed by atoms with Gasteiger partial charge in [-0.2, -0.15) is 0 Å². The Morgan fingerprint density at radius 3 is 2.96 bits per heavy atom. The fourth-order valence-electron chi connectivity index (χ4n) is 3.88. The highest BCUT2D eigenvalue weighted by atomic mass is 16.5. The van der Waals surface area contributed by atoms with Crippen LogP contribution in [0.1, 0.15) is 21.7 Å². The molecule has 1 fully saturated rings. The quantitative estimate of drug-likeness (QED) is 0.897. The number of para-hydroxylation sites is 1. The van der Waals surface area contributed by atoms with E-state index in [1.54, 1.807) is 11.1 Å². The SMILES string of the molecule is Cc1cnc(C(=O)N2C[C@H]3COc4ccccc4C[C@@]3(CO)C2)cn1. The zero-order chi connectivity index (χ0) is 17.4. The van der Waals surface area contributed by atoms with Crippen molar-refractivity contribution >= 4 is 5.91 Å². The molecule has 130 valence electrons. The summed E-state index contributed by atoms with van der Waals surface area (Å²) in [5, 5.41) is 10.2. The number of hydrogen-bond donors (Lipinski definition) is 1. The Bertz CT molecular complexity index is 793. The highest BCUT2D eigenvalue weighted by molar-refractivity contribution is 5.92. The van der Waals surface area contributed by atoms with Crippen molar-refractivity contribution in [2.24, 2.45) is 11.3 Å². The summed E-state index contributed by atoms with van der Waals surface area (Å²) in [6, 6.07) is 7.93. The van der Waals surface area contributed by atoms with Gasteiger partial charge in [0.1, 0.15) is 11.4 Å². The minimum absolute atomic E-state index is 0.0265. The summed E-state index contributed by atoms with van der Waals surface area (Å²) in [6.45, 7) is 3.42. The van der Waals surface area contributed by atoms with Gasteiger partial charge < -0.3 is 14.7 Å². The van der Waals surface area contributed by atoms with Crippen molar-refractivity contribution in [1.82, 2.24) is 14.9 Å². The Kier molecular flexibility index (Phi) is 3.92. The molecule has 0 radical (unpaired) electrons. The third kappa shape index (κ3) is 2.76. The molecule has 1 N–H and O–H groups in total. The summed E-state index contributed by atoms with van der Waals surface area (Å²) >= 11 is 0. The topological polar surface area (TPSA) is 75.6 Å². The molecule has 2 aliphatic heterocycles. The molecule has 0 unspecified atom stereocenters. The van der Waals surface area contributed by atoms with E-state index >= 15 is 0 Å². The second-order valence-electron chi connectivity index (χ2n) is 7.04. The number of likely N-dealkylation sites (tertiary alicyclic amines) is 1. The number of carbonyl (C=O) groups excluding carboxylic acids is 1. The van der Waals surface area contributed by atoms with Crippen LogP contribution in [0.4, 0.5) is 0 Å². The monoisotopic (exact) mass is 339 g/mol. The number of rotatable bonds is 2. The highest BCUT2D eigenvalue weighted by Crippen LogP contribution is 2.43. The van der Waals surface area contributed by atoms with Crippen LogP contribution in [0.15, 0.2) is 36.7 Å². The second kappa shape index (κ2) is 6.11. The maximum Gasteiger partial charge on any atom is 0.274 e. The Labute approximate surface area is 146 Å². The van der Waals surface area contributed by atoms with Gasteiger partial charge in [-0.3, -0.25) is 9.78 Å². The van der Waals surface area contributed by atoms with Crippen LogP contribution >= 0.6 is 0 Å². The second-order valence-corrected chi connectivity index (χ2v) is 7.04. The third-order valence-corrected chi connectivity index (χ3v) is 5.37. The molecule has 0 aliphatic carbocycles. The number of hydrogen-bond acceptors (Lipinski definition) is 5. The van der Waals surface area contributed by atoms with Gasteiger partial charge in [-0.25, -0.2) is 4.98 Å². The molecule has 0 spiro atoms. The van der Waals surface area contributed by atoms with Gasteiger partial charge in [-0.15, -0.1) is 0 Å². The van der Waals surface area contributed by atoms with E-state index in [-0.39, 0.29) is 23.8 Å². The molecule has 25 heavy (non-hydrogen) atoms. The summed E-state index contributed by atoms with van der Waals surface area (Å²) in [5.41, 5.74) is 1.83. The molecule has 2 aromatic rings. The van der Waals surface area contributed by atoms with Crippen molar-refractivity contribution in [3.8, 4) is 5.75 Å². The molecule has 0 saturated carbocycles. The van der Waals surface area contributed by atoms with Crippen LogP contribution in [-0.2, 0) is 6.42 Å². The number of ether oxygens (including phenoxy) is 1. The van der Waals surface area contributed by atoms with Gasteiger partial charge in [-0.1, -0.05) is 18.2 Å². The van der Waals surface area contributed by atoms with Gasteiger partial charge in [0.2, 0.25) is 0 Å². The summed E-state index contributed by atoms with van der Waals surface area (Å²) < 4.78 is 5.96. The van der Waals surface area contributed by atoms with Crippen molar-refractivity contribution in [3.63, 3.8) is 0 Å². The first-order valence-corrected chi connectivity index (χ1v) is 8.51. The number of aliphatic hydroxyl groups is 1. The largest absolute Gasteiger partial charge is 0.493 e. The number of amides is 1. The van der Waals surface area contributed by atoms with E-state index < -0.39 is 0 Å². The van der Waals surface area contributed by atoms with Gasteiger partial charge in [0.05, 0.1) is 25.1 Å². The maximum absolute atomic E-state index is 12.8. The number of carbonyl (C=O) groups is 1. The lowest BCUT2D eigenvalue weighted by molar-refractivity contribution is 0.0690. The van der Waals surface area contributed by atoms with Gasteiger partial charge in [0.25, 0.3) is 5.91 Å². The lowest BCUT2D eigenvalue weighted by atomic mass is 9.75. The zero-order valence-corrected chi connectivity index (χ0v) is 14.2. The van der Waals surface area contributed by atoms with E-state index in [0.29, 0.717) is 31.8 Å². The molecule has 6 heteroatoms. The average Bonchev–Trinajstić information content (AvgIpc) is 2.92. The molecule has 2 atom stereocenters. The van der Waals surface area contributed by atoms with Crippen LogP contribution in [0.25, 0.3) is 0 Å². The molecular formula is C19H21N3O3. The predicted molar refractivity (Wildman–Crippen MR) is 91.3 cm³/mol. The van der Waals surface area contributed by atoms with E-state index in [4.69, 9.17) is 4.74 Å². The van der Waals surface area contributed by atoms with Crippen molar-refractivity contribution < 1.29 is 14.6 Å². The van der Waals surface area contributed by atoms with Gasteiger partial charge >= 0.3 is 0 Å². The molecule has 6 nitrogen and oxygen atoms in total. The normalized spacial score (nSPS) is 24.9. The minimum Gasteiger partial charge on any atom is -0.493 e. The number of nitrogens with zero attached hydrogens (tertiary/aromatic N) is 3. The van der Waals surface area contributed by atoms with Crippen LogP contribution in [0.3, 0.4) is 0 Å². The lowest BCUT2D eigenvalue weighted by Crippen LogP contribution is -2.38. The molecule has 1 amide bonds. The molecule has 1 saturated heterocycles. The van der Waals surface area contributed by atoms with E-state index in [0.717, 1.165) is 17.0 Å². The molecule has 4 rings (SSSR count). The summed E-state index contributed by atoms with van der Waals surface area (Å²) in [7, 11) is 0. The Hall–Kier alpha value is -2.47. The third-order valence-electron chi connectivity index (χ3n) is 5.37. The number of benzene rings is 1. The number of fused-ring (bicyclic) bond motifs is 2. The molecule has 2 aliphatic rings. The van der Waals surface area contributed by atoms with E-state index in [1.807, 2.05) is 31.2 Å². The summed E-state index contributed by atoms with van der Waals surface area (Å²) in [6.07, 6.45) is 3.82. The average molecular weight is 339 g/mol. The minimum atomic E-state index is -0.375. The van der Waals surface area contributed by atoms with Crippen LogP contribution in [0, 0.1) is 18.3 Å². The van der Waals surface area contributed by atoms with Crippen molar-refractivity contribution in [1.29, 1.82) is 0 Å². The van der Waals surface area contributed by atoms with Crippen molar-refractivity contribution in [2.75, 3.05) is 26.3 Å². The predicted octanol–water partition coefficient (Wildman–Crippen LogP) is 1.47. The first-order valence-electron chi connectivity index (χ1n) is 8.51. The first-order chi connectivity index (χ1) is 12.1. The Balaban J connectivity index is 1.60. The zero-order valence-electron chi connectivity index (χ0n) is 14.2. The van der Waals surface area contributed by atoms with Crippen LogP contribution in [0.2, 0.25) is 0 Å². The first kappa shape index (κ1) is 16.0. The van der Waals surface area contributed by atoms with Crippen molar-refractivity contribution in [3.05, 3.63) is 53.6 Å². The molecule has 0 bridgehead atoms. The fraction of sp³-hybridized carbons (Fsp3) is 0.421. The number of aliphatic hydroxyl groups excluding tert-OH is 1.